The van der Waals surface area contributed by atoms with Crippen LogP contribution in [0.2, 0.25) is 0 Å². The first-order chi connectivity index (χ1) is 16.3. The minimum absolute atomic E-state index is 0.144. The molecule has 1 aliphatic rings. The first-order valence-electron chi connectivity index (χ1n) is 11.1. The number of hydrogen-bond acceptors (Lipinski definition) is 4. The number of aromatic nitrogens is 5. The van der Waals surface area contributed by atoms with Gasteiger partial charge in [0.2, 0.25) is 0 Å². The van der Waals surface area contributed by atoms with E-state index in [4.69, 9.17) is 0 Å². The van der Waals surface area contributed by atoms with Crippen LogP contribution in [-0.4, -0.2) is 36.8 Å². The zero-order valence-corrected chi connectivity index (χ0v) is 18.5. The molecule has 1 aliphatic carbocycles. The molecule has 176 valence electrons. The molecule has 0 saturated heterocycles. The molecule has 1 N–H and O–H groups in total. The molecule has 1 amide bonds. The van der Waals surface area contributed by atoms with E-state index in [1.807, 2.05) is 37.3 Å². The molecular weight excluding hydrogens is 445 g/mol. The lowest BCUT2D eigenvalue weighted by molar-refractivity contribution is -0.141. The molecule has 0 atom stereocenters. The van der Waals surface area contributed by atoms with Gasteiger partial charge in [0.05, 0.1) is 11.9 Å². The maximum Gasteiger partial charge on any atom is 0.435 e. The molecule has 0 radical (unpaired) electrons. The molecule has 1 aromatic carbocycles. The van der Waals surface area contributed by atoms with Crippen molar-refractivity contribution in [3.8, 4) is 11.3 Å². The Balaban J connectivity index is 1.25. The van der Waals surface area contributed by atoms with Gasteiger partial charge in [-0.3, -0.25) is 9.48 Å². The monoisotopic (exact) mass is 468 g/mol. The van der Waals surface area contributed by atoms with Crippen LogP contribution in [0.25, 0.3) is 16.9 Å². The van der Waals surface area contributed by atoms with Crippen molar-refractivity contribution in [1.82, 2.24) is 29.7 Å². The van der Waals surface area contributed by atoms with E-state index in [0.29, 0.717) is 36.4 Å². The van der Waals surface area contributed by atoms with Gasteiger partial charge in [0.25, 0.3) is 5.91 Å². The molecule has 5 rings (SSSR count). The van der Waals surface area contributed by atoms with E-state index >= 15 is 0 Å². The van der Waals surface area contributed by atoms with Crippen LogP contribution in [0.4, 0.5) is 13.2 Å². The van der Waals surface area contributed by atoms with Gasteiger partial charge in [-0.15, -0.1) is 0 Å². The molecule has 1 fully saturated rings. The molecule has 4 aromatic rings. The quantitative estimate of drug-likeness (QED) is 0.402. The van der Waals surface area contributed by atoms with Crippen molar-refractivity contribution in [3.05, 3.63) is 71.3 Å². The predicted octanol–water partition coefficient (Wildman–Crippen LogP) is 4.62. The fourth-order valence-corrected chi connectivity index (χ4v) is 3.98. The summed E-state index contributed by atoms with van der Waals surface area (Å²) in [7, 11) is 0. The third-order valence-electron chi connectivity index (χ3n) is 5.92. The average Bonchev–Trinajstić information content (AvgIpc) is 3.40. The molecule has 0 bridgehead atoms. The summed E-state index contributed by atoms with van der Waals surface area (Å²) in [5.41, 5.74) is 3.45. The summed E-state index contributed by atoms with van der Waals surface area (Å²) in [6, 6.07) is 11.0. The fraction of sp³-hybridized carbons (Fsp3) is 0.333. The fourth-order valence-electron chi connectivity index (χ4n) is 3.98. The highest BCUT2D eigenvalue weighted by molar-refractivity contribution is 5.99. The van der Waals surface area contributed by atoms with Gasteiger partial charge in [-0.2, -0.15) is 23.4 Å². The average molecular weight is 468 g/mol. The van der Waals surface area contributed by atoms with Gasteiger partial charge in [-0.05, 0) is 38.3 Å². The zero-order chi connectivity index (χ0) is 23.9. The number of amides is 1. The van der Waals surface area contributed by atoms with Gasteiger partial charge in [0.15, 0.2) is 11.3 Å². The molecular formula is C24H23F3N6O. The van der Waals surface area contributed by atoms with Crippen LogP contribution in [0.1, 0.15) is 52.5 Å². The number of rotatable bonds is 7. The van der Waals surface area contributed by atoms with Crippen LogP contribution in [0.3, 0.4) is 0 Å². The normalized spacial score (nSPS) is 14.0. The standard InChI is InChI=1S/C24H23F3N6O/c1-15-3-5-16(6-4-15)19-9-11-28-22-18(14-30-33(19)22)23(34)29-10-2-12-32-20(17-7-8-17)13-21(31-32)24(25,26)27/h3-6,9,11,13-14,17H,2,7-8,10,12H2,1H3,(H,29,34). The van der Waals surface area contributed by atoms with Gasteiger partial charge in [-0.25, -0.2) is 9.50 Å². The SMILES string of the molecule is Cc1ccc(-c2ccnc3c(C(=O)NCCCn4nc(C(F)(F)F)cc4C4CC4)cnn23)cc1. The summed E-state index contributed by atoms with van der Waals surface area (Å²) in [5.74, 6) is -0.187. The van der Waals surface area contributed by atoms with Crippen LogP contribution in [0.15, 0.2) is 48.8 Å². The Morgan fingerprint density at radius 1 is 1.18 bits per heavy atom. The number of carbonyl (C=O) groups is 1. The second-order valence-corrected chi connectivity index (χ2v) is 8.55. The molecule has 7 nitrogen and oxygen atoms in total. The van der Waals surface area contributed by atoms with E-state index in [-0.39, 0.29) is 11.8 Å². The molecule has 3 aromatic heterocycles. The van der Waals surface area contributed by atoms with Crippen molar-refractivity contribution >= 4 is 11.6 Å². The van der Waals surface area contributed by atoms with Crippen LogP contribution in [0.5, 0.6) is 0 Å². The van der Waals surface area contributed by atoms with Crippen molar-refractivity contribution in [1.29, 1.82) is 0 Å². The van der Waals surface area contributed by atoms with Crippen LogP contribution in [0, 0.1) is 6.92 Å². The molecule has 1 saturated carbocycles. The number of aryl methyl sites for hydroxylation is 2. The van der Waals surface area contributed by atoms with Gasteiger partial charge in [0.1, 0.15) is 5.56 Å². The first kappa shape index (κ1) is 22.1. The van der Waals surface area contributed by atoms with E-state index in [1.54, 1.807) is 10.7 Å². The maximum atomic E-state index is 13.1. The summed E-state index contributed by atoms with van der Waals surface area (Å²) in [5, 5.41) is 10.9. The topological polar surface area (TPSA) is 77.1 Å². The second-order valence-electron chi connectivity index (χ2n) is 8.55. The van der Waals surface area contributed by atoms with Gasteiger partial charge in [-0.1, -0.05) is 29.8 Å². The summed E-state index contributed by atoms with van der Waals surface area (Å²) >= 11 is 0. The highest BCUT2D eigenvalue weighted by Crippen LogP contribution is 2.42. The number of halogens is 3. The third kappa shape index (κ3) is 4.40. The van der Waals surface area contributed by atoms with E-state index in [1.165, 1.54) is 10.9 Å². The van der Waals surface area contributed by atoms with Gasteiger partial charge >= 0.3 is 6.18 Å². The number of fused-ring (bicyclic) bond motifs is 1. The van der Waals surface area contributed by atoms with E-state index < -0.39 is 11.9 Å². The van der Waals surface area contributed by atoms with Crippen molar-refractivity contribution in [3.63, 3.8) is 0 Å². The maximum absolute atomic E-state index is 13.1. The van der Waals surface area contributed by atoms with Crippen molar-refractivity contribution in [2.45, 2.75) is 44.8 Å². The first-order valence-corrected chi connectivity index (χ1v) is 11.1. The largest absolute Gasteiger partial charge is 0.435 e. The molecule has 0 unspecified atom stereocenters. The van der Waals surface area contributed by atoms with Crippen LogP contribution in [-0.2, 0) is 12.7 Å². The molecule has 0 aliphatic heterocycles. The van der Waals surface area contributed by atoms with E-state index in [0.717, 1.165) is 35.7 Å². The Hall–Kier alpha value is -3.69. The van der Waals surface area contributed by atoms with E-state index in [9.17, 15) is 18.0 Å². The van der Waals surface area contributed by atoms with Crippen molar-refractivity contribution in [2.24, 2.45) is 0 Å². The number of nitrogens with one attached hydrogen (secondary N) is 1. The Kier molecular flexibility index (Phi) is 5.59. The number of nitrogens with zero attached hydrogens (tertiary/aromatic N) is 5. The zero-order valence-electron chi connectivity index (χ0n) is 18.5. The van der Waals surface area contributed by atoms with Crippen LogP contribution >= 0.6 is 0 Å². The Morgan fingerprint density at radius 2 is 1.94 bits per heavy atom. The minimum Gasteiger partial charge on any atom is -0.352 e. The predicted molar refractivity (Wildman–Crippen MR) is 119 cm³/mol. The highest BCUT2D eigenvalue weighted by atomic mass is 19.4. The third-order valence-corrected chi connectivity index (χ3v) is 5.92. The highest BCUT2D eigenvalue weighted by Gasteiger charge is 2.37. The molecule has 0 spiro atoms. The number of carbonyl (C=O) groups excluding carboxylic acids is 1. The lowest BCUT2D eigenvalue weighted by Gasteiger charge is -2.08. The van der Waals surface area contributed by atoms with Crippen molar-refractivity contribution in [2.75, 3.05) is 6.54 Å². The van der Waals surface area contributed by atoms with Gasteiger partial charge < -0.3 is 5.32 Å². The summed E-state index contributed by atoms with van der Waals surface area (Å²) in [6.07, 6.45) is 0.864. The Bertz CT molecular complexity index is 1340. The second kappa shape index (κ2) is 8.58. The van der Waals surface area contributed by atoms with Crippen LogP contribution < -0.4 is 5.32 Å². The summed E-state index contributed by atoms with van der Waals surface area (Å²) in [6.45, 7) is 2.60. The molecule has 34 heavy (non-hydrogen) atoms. The van der Waals surface area contributed by atoms with Gasteiger partial charge in [0, 0.05) is 36.5 Å². The lowest BCUT2D eigenvalue weighted by Crippen LogP contribution is -2.25. The lowest BCUT2D eigenvalue weighted by atomic mass is 10.1. The van der Waals surface area contributed by atoms with E-state index in [2.05, 4.69) is 20.5 Å². The van der Waals surface area contributed by atoms with Crippen molar-refractivity contribution < 1.29 is 18.0 Å². The Morgan fingerprint density at radius 3 is 2.65 bits per heavy atom. The molecule has 10 heteroatoms. The summed E-state index contributed by atoms with van der Waals surface area (Å²) in [4.78, 5) is 17.1. The minimum atomic E-state index is -4.46. The summed E-state index contributed by atoms with van der Waals surface area (Å²) < 4.78 is 42.2. The number of benzene rings is 1. The molecule has 3 heterocycles. The number of hydrogen-bond donors (Lipinski definition) is 1. The smallest absolute Gasteiger partial charge is 0.352 e. The number of alkyl halides is 3. The Labute approximate surface area is 193 Å².